The van der Waals surface area contributed by atoms with Crippen LogP contribution in [0.3, 0.4) is 0 Å². The summed E-state index contributed by atoms with van der Waals surface area (Å²) in [5, 5.41) is 9.74. The first-order valence-electron chi connectivity index (χ1n) is 7.33. The number of nitrogens with zero attached hydrogens (tertiary/aromatic N) is 2. The zero-order chi connectivity index (χ0) is 20.3. The summed E-state index contributed by atoms with van der Waals surface area (Å²) in [6, 6.07) is 4.55. The summed E-state index contributed by atoms with van der Waals surface area (Å²) in [6.45, 7) is 2.69. The number of phenolic OH excluding ortho intramolecular Hbond substituents is 1. The lowest BCUT2D eigenvalue weighted by Gasteiger charge is -2.30. The summed E-state index contributed by atoms with van der Waals surface area (Å²) in [6.07, 6.45) is -0.943. The molecule has 0 bridgehead atoms. The molecule has 0 saturated heterocycles. The fourth-order valence-electron chi connectivity index (χ4n) is 2.00. The Bertz CT molecular complexity index is 871. The van der Waals surface area contributed by atoms with Crippen molar-refractivity contribution in [1.82, 2.24) is 8.83 Å². The number of ether oxygens (including phenoxy) is 1. The summed E-state index contributed by atoms with van der Waals surface area (Å²) in [7, 11) is -8.43. The van der Waals surface area contributed by atoms with Crippen molar-refractivity contribution in [2.45, 2.75) is 20.0 Å². The van der Waals surface area contributed by atoms with Crippen LogP contribution in [0.15, 0.2) is 18.2 Å². The van der Waals surface area contributed by atoms with Gasteiger partial charge in [0.25, 0.3) is 10.0 Å². The van der Waals surface area contributed by atoms with Crippen molar-refractivity contribution in [3.63, 3.8) is 0 Å². The van der Waals surface area contributed by atoms with Crippen LogP contribution in [0.1, 0.15) is 24.2 Å². The Morgan fingerprint density at radius 1 is 1.23 bits per heavy atom. The summed E-state index contributed by atoms with van der Waals surface area (Å²) >= 11 is 5.53. The average Bonchev–Trinajstić information content (AvgIpc) is 2.47. The van der Waals surface area contributed by atoms with Gasteiger partial charge in [-0.05, 0) is 31.0 Å². The normalized spacial score (nSPS) is 13.5. The number of sulfonamides is 2. The molecule has 0 heterocycles. The molecule has 1 atom stereocenters. The quantitative estimate of drug-likeness (QED) is 0.516. The third kappa shape index (κ3) is 5.73. The minimum Gasteiger partial charge on any atom is -0.508 e. The van der Waals surface area contributed by atoms with Gasteiger partial charge in [-0.25, -0.2) is 21.6 Å². The lowest BCUT2D eigenvalue weighted by molar-refractivity contribution is 0.0558. The summed E-state index contributed by atoms with van der Waals surface area (Å²) in [5.41, 5.74) is 1.01. The predicted octanol–water partition coefficient (Wildman–Crippen LogP) is 1.58. The van der Waals surface area contributed by atoms with Crippen LogP contribution in [-0.4, -0.2) is 61.8 Å². The molecule has 0 radical (unpaired) electrons. The highest BCUT2D eigenvalue weighted by atomic mass is 35.5. The number of carbonyl (C=O) groups excluding carboxylic acids is 1. The number of amides is 1. The lowest BCUT2D eigenvalue weighted by atomic mass is 10.1. The van der Waals surface area contributed by atoms with Crippen LogP contribution in [0.4, 0.5) is 4.79 Å². The molecule has 1 aromatic rings. The number of aryl methyl sites for hydroxylation is 1. The zero-order valence-electron chi connectivity index (χ0n) is 14.7. The first-order chi connectivity index (χ1) is 11.8. The van der Waals surface area contributed by atoms with Crippen molar-refractivity contribution >= 4 is 37.7 Å². The van der Waals surface area contributed by atoms with E-state index in [9.17, 15) is 26.7 Å². The maximum atomic E-state index is 12.4. The number of hydrazine groups is 1. The van der Waals surface area contributed by atoms with E-state index >= 15 is 0 Å². The zero-order valence-corrected chi connectivity index (χ0v) is 17.1. The molecule has 0 spiro atoms. The van der Waals surface area contributed by atoms with Gasteiger partial charge in [0, 0.05) is 12.4 Å². The number of alkyl halides is 1. The topological polar surface area (TPSA) is 121 Å². The molecular formula is C14H21ClN2O7S2. The molecule has 1 amide bonds. The number of halogens is 1. The lowest BCUT2D eigenvalue weighted by Crippen LogP contribution is -2.52. The van der Waals surface area contributed by atoms with E-state index in [4.69, 9.17) is 16.3 Å². The van der Waals surface area contributed by atoms with Crippen LogP contribution < -0.4 is 0 Å². The van der Waals surface area contributed by atoms with E-state index in [0.717, 1.165) is 6.26 Å². The van der Waals surface area contributed by atoms with Crippen molar-refractivity contribution in [2.75, 3.05) is 24.9 Å². The minimum absolute atomic E-state index is 0.0229. The van der Waals surface area contributed by atoms with Gasteiger partial charge < -0.3 is 9.84 Å². The largest absolute Gasteiger partial charge is 0.508 e. The smallest absolute Gasteiger partial charge is 0.440 e. The SMILES string of the molecule is Cc1ccc(C(C)OC(=O)N(N(CCCl)S(C)(=O)=O)S(C)(=O)=O)cc1O. The van der Waals surface area contributed by atoms with Gasteiger partial charge in [0.2, 0.25) is 10.0 Å². The van der Waals surface area contributed by atoms with Crippen molar-refractivity contribution in [3.8, 4) is 5.75 Å². The molecule has 0 aliphatic carbocycles. The molecule has 0 fully saturated rings. The summed E-state index contributed by atoms with van der Waals surface area (Å²) in [4.78, 5) is 12.4. The Hall–Kier alpha value is -1.56. The maximum Gasteiger partial charge on any atom is 0.440 e. The van der Waals surface area contributed by atoms with Gasteiger partial charge in [-0.2, -0.15) is 0 Å². The highest BCUT2D eigenvalue weighted by Gasteiger charge is 2.37. The predicted molar refractivity (Wildman–Crippen MR) is 96.7 cm³/mol. The second-order valence-corrected chi connectivity index (χ2v) is 9.65. The number of phenols is 1. The van der Waals surface area contributed by atoms with Crippen LogP contribution >= 0.6 is 11.6 Å². The second-order valence-electron chi connectivity index (χ2n) is 5.58. The Labute approximate surface area is 158 Å². The molecule has 12 heteroatoms. The van der Waals surface area contributed by atoms with Gasteiger partial charge >= 0.3 is 6.09 Å². The van der Waals surface area contributed by atoms with Gasteiger partial charge in [0.1, 0.15) is 11.9 Å². The van der Waals surface area contributed by atoms with Crippen LogP contribution in [0.5, 0.6) is 5.75 Å². The minimum atomic E-state index is -4.31. The summed E-state index contributed by atoms with van der Waals surface area (Å²) < 4.78 is 53.2. The Morgan fingerprint density at radius 2 is 1.81 bits per heavy atom. The molecule has 26 heavy (non-hydrogen) atoms. The second kappa shape index (κ2) is 8.42. The number of carbonyl (C=O) groups is 1. The molecular weight excluding hydrogens is 408 g/mol. The number of hydrogen-bond donors (Lipinski definition) is 1. The van der Waals surface area contributed by atoms with Gasteiger partial charge in [-0.15, -0.1) is 16.0 Å². The Balaban J connectivity index is 3.19. The maximum absolute atomic E-state index is 12.4. The molecule has 9 nitrogen and oxygen atoms in total. The van der Waals surface area contributed by atoms with E-state index < -0.39 is 38.8 Å². The van der Waals surface area contributed by atoms with Crippen molar-refractivity contribution in [3.05, 3.63) is 29.3 Å². The van der Waals surface area contributed by atoms with Gasteiger partial charge in [0.15, 0.2) is 0 Å². The van der Waals surface area contributed by atoms with Crippen LogP contribution in [0, 0.1) is 6.92 Å². The fraction of sp³-hybridized carbons (Fsp3) is 0.500. The van der Waals surface area contributed by atoms with Crippen LogP contribution in [0.25, 0.3) is 0 Å². The number of aromatic hydroxyl groups is 1. The van der Waals surface area contributed by atoms with Gasteiger partial charge in [-0.1, -0.05) is 16.5 Å². The molecule has 0 aliphatic heterocycles. The Kier molecular flexibility index (Phi) is 7.28. The standard InChI is InChI=1S/C14H21ClN2O7S2/c1-10-5-6-12(9-13(10)18)11(2)24-14(19)17(26(4,22)23)16(8-7-15)25(3,20)21/h5-6,9,11,18H,7-8H2,1-4H3. The Morgan fingerprint density at radius 3 is 2.23 bits per heavy atom. The van der Waals surface area contributed by atoms with E-state index in [1.165, 1.54) is 13.0 Å². The third-order valence-corrected chi connectivity index (χ3v) is 5.67. The highest BCUT2D eigenvalue weighted by Crippen LogP contribution is 2.25. The van der Waals surface area contributed by atoms with Crippen molar-refractivity contribution < 1.29 is 31.5 Å². The molecule has 0 saturated carbocycles. The average molecular weight is 429 g/mol. The van der Waals surface area contributed by atoms with Crippen molar-refractivity contribution in [2.24, 2.45) is 0 Å². The third-order valence-electron chi connectivity index (χ3n) is 3.31. The van der Waals surface area contributed by atoms with Gasteiger partial charge in [0.05, 0.1) is 12.5 Å². The first kappa shape index (κ1) is 22.5. The van der Waals surface area contributed by atoms with E-state index in [-0.39, 0.29) is 16.0 Å². The molecule has 1 N–H and O–H groups in total. The highest BCUT2D eigenvalue weighted by molar-refractivity contribution is 7.91. The molecule has 1 rings (SSSR count). The van der Waals surface area contributed by atoms with E-state index in [0.29, 0.717) is 21.8 Å². The van der Waals surface area contributed by atoms with Crippen LogP contribution in [-0.2, 0) is 24.8 Å². The van der Waals surface area contributed by atoms with E-state index in [1.54, 1.807) is 19.1 Å². The van der Waals surface area contributed by atoms with Gasteiger partial charge in [-0.3, -0.25) is 0 Å². The van der Waals surface area contributed by atoms with E-state index in [2.05, 4.69) is 0 Å². The van der Waals surface area contributed by atoms with Crippen molar-refractivity contribution in [1.29, 1.82) is 0 Å². The molecule has 148 valence electrons. The number of hydrogen-bond acceptors (Lipinski definition) is 7. The number of benzene rings is 1. The molecule has 0 aromatic heterocycles. The molecule has 1 unspecified atom stereocenters. The monoisotopic (exact) mass is 428 g/mol. The molecule has 0 aliphatic rings. The summed E-state index contributed by atoms with van der Waals surface area (Å²) in [5.74, 6) is -0.265. The van der Waals surface area contributed by atoms with E-state index in [1.807, 2.05) is 0 Å². The number of rotatable bonds is 7. The van der Waals surface area contributed by atoms with Crippen LogP contribution in [0.2, 0.25) is 0 Å². The fourth-order valence-corrected chi connectivity index (χ4v) is 4.47. The molecule has 1 aromatic carbocycles. The first-order valence-corrected chi connectivity index (χ1v) is 11.6.